The summed E-state index contributed by atoms with van der Waals surface area (Å²) in [5.41, 5.74) is 1.90. The first-order valence-electron chi connectivity index (χ1n) is 4.95. The van der Waals surface area contributed by atoms with Crippen LogP contribution in [0.1, 0.15) is 12.7 Å². The molecule has 0 aliphatic carbocycles. The molecule has 2 N–H and O–H groups in total. The van der Waals surface area contributed by atoms with Crippen molar-refractivity contribution in [1.82, 2.24) is 9.97 Å². The lowest BCUT2D eigenvalue weighted by molar-refractivity contribution is -0.136. The van der Waals surface area contributed by atoms with Gasteiger partial charge in [-0.3, -0.25) is 4.79 Å². The van der Waals surface area contributed by atoms with E-state index < -0.39 is 11.2 Å². The van der Waals surface area contributed by atoms with Crippen molar-refractivity contribution < 1.29 is 9.90 Å². The van der Waals surface area contributed by atoms with Crippen LogP contribution in [0.15, 0.2) is 24.3 Å². The highest BCUT2D eigenvalue weighted by Crippen LogP contribution is 2.18. The molecule has 0 spiro atoms. The Morgan fingerprint density at radius 3 is 3.00 bits per heavy atom. The molecule has 0 saturated heterocycles. The molecule has 1 aromatic carbocycles. The van der Waals surface area contributed by atoms with E-state index in [1.165, 1.54) is 11.8 Å². The van der Waals surface area contributed by atoms with Crippen LogP contribution in [-0.2, 0) is 10.5 Å². The molecule has 84 valence electrons. The number of H-pyrrole nitrogens is 1. The normalized spacial score (nSPS) is 12.8. The number of thioether (sulfide) groups is 1. The van der Waals surface area contributed by atoms with Gasteiger partial charge in [-0.15, -0.1) is 11.8 Å². The van der Waals surface area contributed by atoms with Crippen molar-refractivity contribution in [3.63, 3.8) is 0 Å². The fourth-order valence-electron chi connectivity index (χ4n) is 1.35. The zero-order valence-electron chi connectivity index (χ0n) is 8.80. The highest BCUT2D eigenvalue weighted by molar-refractivity contribution is 7.99. The van der Waals surface area contributed by atoms with Gasteiger partial charge in [-0.2, -0.15) is 0 Å². The standard InChI is InChI=1S/C11H12N2O2S/c1-7(11(14)15)16-6-10-12-8-4-2-3-5-9(8)13-10/h2-5,7H,6H2,1H3,(H,12,13)(H,14,15). The molecule has 0 radical (unpaired) electrons. The maximum absolute atomic E-state index is 10.6. The third kappa shape index (κ3) is 2.36. The second-order valence-corrected chi connectivity index (χ2v) is 4.82. The fraction of sp³-hybridized carbons (Fsp3) is 0.273. The molecular formula is C11H12N2O2S. The molecule has 1 atom stereocenters. The van der Waals surface area contributed by atoms with E-state index in [4.69, 9.17) is 5.11 Å². The largest absolute Gasteiger partial charge is 0.480 e. The van der Waals surface area contributed by atoms with E-state index in [-0.39, 0.29) is 0 Å². The van der Waals surface area contributed by atoms with Crippen LogP contribution in [0, 0.1) is 0 Å². The van der Waals surface area contributed by atoms with Crippen LogP contribution in [0.5, 0.6) is 0 Å². The van der Waals surface area contributed by atoms with Crippen LogP contribution in [0.3, 0.4) is 0 Å². The Labute approximate surface area is 97.1 Å². The zero-order chi connectivity index (χ0) is 11.5. The minimum absolute atomic E-state index is 0.409. The summed E-state index contributed by atoms with van der Waals surface area (Å²) in [6.07, 6.45) is 0. The van der Waals surface area contributed by atoms with Gasteiger partial charge in [0.2, 0.25) is 0 Å². The van der Waals surface area contributed by atoms with Gasteiger partial charge in [-0.25, -0.2) is 4.98 Å². The van der Waals surface area contributed by atoms with Crippen molar-refractivity contribution in [2.75, 3.05) is 0 Å². The number of para-hydroxylation sites is 2. The minimum atomic E-state index is -0.791. The smallest absolute Gasteiger partial charge is 0.316 e. The molecule has 1 aromatic heterocycles. The summed E-state index contributed by atoms with van der Waals surface area (Å²) >= 11 is 1.36. The molecule has 16 heavy (non-hydrogen) atoms. The molecule has 0 saturated carbocycles. The summed E-state index contributed by atoms with van der Waals surface area (Å²) in [5.74, 6) is 0.614. The highest BCUT2D eigenvalue weighted by atomic mass is 32.2. The van der Waals surface area contributed by atoms with Gasteiger partial charge in [0.1, 0.15) is 5.82 Å². The molecule has 0 aliphatic heterocycles. The number of hydrogen-bond acceptors (Lipinski definition) is 3. The van der Waals surface area contributed by atoms with E-state index >= 15 is 0 Å². The van der Waals surface area contributed by atoms with Crippen LogP contribution >= 0.6 is 11.8 Å². The van der Waals surface area contributed by atoms with E-state index in [0.29, 0.717) is 5.75 Å². The summed E-state index contributed by atoms with van der Waals surface area (Å²) < 4.78 is 0. The fourth-order valence-corrected chi connectivity index (χ4v) is 2.04. The predicted molar refractivity (Wildman–Crippen MR) is 64.5 cm³/mol. The van der Waals surface area contributed by atoms with E-state index in [0.717, 1.165) is 16.9 Å². The van der Waals surface area contributed by atoms with Crippen LogP contribution in [0.25, 0.3) is 11.0 Å². The lowest BCUT2D eigenvalue weighted by Gasteiger charge is -2.02. The van der Waals surface area contributed by atoms with Crippen molar-refractivity contribution in [3.8, 4) is 0 Å². The average molecular weight is 236 g/mol. The van der Waals surface area contributed by atoms with Crippen LogP contribution < -0.4 is 0 Å². The van der Waals surface area contributed by atoms with Crippen molar-refractivity contribution in [2.45, 2.75) is 17.9 Å². The minimum Gasteiger partial charge on any atom is -0.480 e. The number of aromatic nitrogens is 2. The molecule has 0 bridgehead atoms. The molecule has 0 fully saturated rings. The Morgan fingerprint density at radius 2 is 2.31 bits per heavy atom. The number of carbonyl (C=O) groups is 1. The Balaban J connectivity index is 2.07. The lowest BCUT2D eigenvalue weighted by atomic mass is 10.3. The van der Waals surface area contributed by atoms with Crippen LogP contribution in [-0.4, -0.2) is 26.3 Å². The molecule has 1 heterocycles. The summed E-state index contributed by atoms with van der Waals surface area (Å²) in [6.45, 7) is 1.68. The number of aromatic amines is 1. The third-order valence-electron chi connectivity index (χ3n) is 2.26. The Morgan fingerprint density at radius 1 is 1.56 bits per heavy atom. The number of aliphatic carboxylic acids is 1. The monoisotopic (exact) mass is 236 g/mol. The molecule has 0 amide bonds. The first kappa shape index (κ1) is 11.0. The summed E-state index contributed by atoms with van der Waals surface area (Å²) in [7, 11) is 0. The molecule has 2 rings (SSSR count). The topological polar surface area (TPSA) is 66.0 Å². The van der Waals surface area contributed by atoms with E-state index in [1.807, 2.05) is 24.3 Å². The first-order chi connectivity index (χ1) is 7.66. The number of imidazole rings is 1. The van der Waals surface area contributed by atoms with Gasteiger partial charge < -0.3 is 10.1 Å². The van der Waals surface area contributed by atoms with Crippen molar-refractivity contribution >= 4 is 28.8 Å². The lowest BCUT2D eigenvalue weighted by Crippen LogP contribution is -2.11. The van der Waals surface area contributed by atoms with E-state index in [1.54, 1.807) is 6.92 Å². The first-order valence-corrected chi connectivity index (χ1v) is 6.00. The highest BCUT2D eigenvalue weighted by Gasteiger charge is 2.12. The maximum atomic E-state index is 10.6. The number of fused-ring (bicyclic) bond motifs is 1. The molecule has 5 heteroatoms. The SMILES string of the molecule is CC(SCc1nc2ccccc2[nH]1)C(=O)O. The van der Waals surface area contributed by atoms with Crippen LogP contribution in [0.4, 0.5) is 0 Å². The Bertz CT molecular complexity index is 476. The summed E-state index contributed by atoms with van der Waals surface area (Å²) in [5, 5.41) is 8.34. The number of carboxylic acids is 1. The summed E-state index contributed by atoms with van der Waals surface area (Å²) in [4.78, 5) is 18.2. The number of carboxylic acid groups (broad SMARTS) is 1. The van der Waals surface area contributed by atoms with Gasteiger partial charge in [0.15, 0.2) is 0 Å². The number of rotatable bonds is 4. The Hall–Kier alpha value is -1.49. The number of nitrogens with one attached hydrogen (secondary N) is 1. The predicted octanol–water partition coefficient (Wildman–Crippen LogP) is 2.27. The second-order valence-electron chi connectivity index (χ2n) is 3.49. The molecule has 4 nitrogen and oxygen atoms in total. The van der Waals surface area contributed by atoms with Crippen LogP contribution in [0.2, 0.25) is 0 Å². The van der Waals surface area contributed by atoms with Gasteiger partial charge in [0, 0.05) is 0 Å². The number of nitrogens with zero attached hydrogens (tertiary/aromatic N) is 1. The number of benzene rings is 1. The van der Waals surface area contributed by atoms with Gasteiger partial charge in [0.05, 0.1) is 22.0 Å². The van der Waals surface area contributed by atoms with Gasteiger partial charge in [0.25, 0.3) is 0 Å². The van der Waals surface area contributed by atoms with Gasteiger partial charge in [-0.05, 0) is 19.1 Å². The van der Waals surface area contributed by atoms with Crippen molar-refractivity contribution in [2.24, 2.45) is 0 Å². The summed E-state index contributed by atoms with van der Waals surface area (Å²) in [6, 6.07) is 7.76. The zero-order valence-corrected chi connectivity index (χ0v) is 9.62. The maximum Gasteiger partial charge on any atom is 0.316 e. The van der Waals surface area contributed by atoms with E-state index in [2.05, 4.69) is 9.97 Å². The van der Waals surface area contributed by atoms with Crippen molar-refractivity contribution in [3.05, 3.63) is 30.1 Å². The van der Waals surface area contributed by atoms with Crippen molar-refractivity contribution in [1.29, 1.82) is 0 Å². The second kappa shape index (κ2) is 4.57. The third-order valence-corrected chi connectivity index (χ3v) is 3.40. The van der Waals surface area contributed by atoms with Gasteiger partial charge >= 0.3 is 5.97 Å². The van der Waals surface area contributed by atoms with Gasteiger partial charge in [-0.1, -0.05) is 12.1 Å². The molecule has 0 aliphatic rings. The quantitative estimate of drug-likeness (QED) is 0.854. The van der Waals surface area contributed by atoms with E-state index in [9.17, 15) is 4.79 Å². The molecular weight excluding hydrogens is 224 g/mol. The molecule has 1 unspecified atom stereocenters. The average Bonchev–Trinajstić information content (AvgIpc) is 2.68. The Kier molecular flexibility index (Phi) is 3.14. The number of hydrogen-bond donors (Lipinski definition) is 2. The molecule has 2 aromatic rings.